The highest BCUT2D eigenvalue weighted by Crippen LogP contribution is 2.36. The molecule has 0 atom stereocenters. The highest BCUT2D eigenvalue weighted by atomic mass is 16.5. The van der Waals surface area contributed by atoms with Gasteiger partial charge in [0.2, 0.25) is 0 Å². The number of aryl methyl sites for hydroxylation is 1. The molecule has 1 aliphatic heterocycles. The fourth-order valence-corrected chi connectivity index (χ4v) is 2.52. The predicted molar refractivity (Wildman–Crippen MR) is 80.2 cm³/mol. The Morgan fingerprint density at radius 3 is 3.00 bits per heavy atom. The fourth-order valence-electron chi connectivity index (χ4n) is 2.52. The molecule has 0 radical (unpaired) electrons. The van der Waals surface area contributed by atoms with Crippen LogP contribution >= 0.6 is 0 Å². The van der Waals surface area contributed by atoms with Gasteiger partial charge in [-0.05, 0) is 18.1 Å². The van der Waals surface area contributed by atoms with E-state index in [9.17, 15) is 0 Å². The minimum Gasteiger partial charge on any atom is -0.492 e. The molecule has 0 amide bonds. The van der Waals surface area contributed by atoms with Crippen LogP contribution in [-0.2, 0) is 12.8 Å². The smallest absolute Gasteiger partial charge is 0.132 e. The van der Waals surface area contributed by atoms with Gasteiger partial charge in [-0.15, -0.1) is 0 Å². The molecule has 0 saturated heterocycles. The summed E-state index contributed by atoms with van der Waals surface area (Å²) >= 11 is 0. The van der Waals surface area contributed by atoms with Crippen molar-refractivity contribution in [1.29, 1.82) is 0 Å². The Balaban J connectivity index is 2.10. The van der Waals surface area contributed by atoms with E-state index in [-0.39, 0.29) is 0 Å². The highest BCUT2D eigenvalue weighted by molar-refractivity contribution is 5.71. The Hall–Kier alpha value is -2.10. The molecule has 1 N–H and O–H groups in total. The third kappa shape index (κ3) is 2.33. The van der Waals surface area contributed by atoms with E-state index >= 15 is 0 Å². The van der Waals surface area contributed by atoms with Gasteiger partial charge in [-0.1, -0.05) is 19.1 Å². The van der Waals surface area contributed by atoms with E-state index in [4.69, 9.17) is 4.74 Å². The van der Waals surface area contributed by atoms with Crippen LogP contribution in [0.5, 0.6) is 5.75 Å². The van der Waals surface area contributed by atoms with Crippen molar-refractivity contribution in [3.8, 4) is 17.0 Å². The molecule has 0 unspecified atom stereocenters. The minimum absolute atomic E-state index is 0.762. The highest BCUT2D eigenvalue weighted by Gasteiger charge is 2.18. The maximum absolute atomic E-state index is 5.78. The van der Waals surface area contributed by atoms with Gasteiger partial charge in [-0.3, -0.25) is 0 Å². The van der Waals surface area contributed by atoms with Crippen molar-refractivity contribution in [2.75, 3.05) is 19.0 Å². The Morgan fingerprint density at radius 1 is 1.30 bits per heavy atom. The van der Waals surface area contributed by atoms with Crippen LogP contribution in [0.1, 0.15) is 24.7 Å². The summed E-state index contributed by atoms with van der Waals surface area (Å²) in [5, 5.41) is 3.11. The molecule has 20 heavy (non-hydrogen) atoms. The third-order valence-corrected chi connectivity index (χ3v) is 3.49. The third-order valence-electron chi connectivity index (χ3n) is 3.49. The van der Waals surface area contributed by atoms with Crippen LogP contribution in [-0.4, -0.2) is 23.6 Å². The van der Waals surface area contributed by atoms with Gasteiger partial charge in [-0.2, -0.15) is 0 Å². The first kappa shape index (κ1) is 12.9. The Bertz CT molecular complexity index is 625. The number of nitrogens with zero attached hydrogens (tertiary/aromatic N) is 2. The van der Waals surface area contributed by atoms with Crippen LogP contribution in [0.15, 0.2) is 24.3 Å². The van der Waals surface area contributed by atoms with Gasteiger partial charge < -0.3 is 10.1 Å². The first-order chi connectivity index (χ1) is 9.81. The van der Waals surface area contributed by atoms with Crippen molar-refractivity contribution in [3.63, 3.8) is 0 Å². The van der Waals surface area contributed by atoms with Crippen molar-refractivity contribution in [2.24, 2.45) is 0 Å². The molecule has 4 nitrogen and oxygen atoms in total. The summed E-state index contributed by atoms with van der Waals surface area (Å²) in [6.45, 7) is 2.90. The molecule has 1 aromatic heterocycles. The van der Waals surface area contributed by atoms with Crippen LogP contribution in [0.25, 0.3) is 11.3 Å². The summed E-state index contributed by atoms with van der Waals surface area (Å²) in [6.07, 6.45) is 2.91. The van der Waals surface area contributed by atoms with Gasteiger partial charge in [0.1, 0.15) is 17.4 Å². The lowest BCUT2D eigenvalue weighted by Crippen LogP contribution is -2.02. The van der Waals surface area contributed by atoms with Crippen molar-refractivity contribution >= 4 is 5.82 Å². The molecule has 1 aromatic carbocycles. The number of benzene rings is 1. The second-order valence-electron chi connectivity index (χ2n) is 4.95. The predicted octanol–water partition coefficient (Wildman–Crippen LogP) is 3.07. The standard InChI is InChI=1S/C16H19N3O/c1-3-5-14-18-13(10-15(17-2)19-14)12-7-4-6-11-8-9-20-16(11)12/h4,6-7,10H,3,5,8-9H2,1-2H3,(H,17,18,19). The largest absolute Gasteiger partial charge is 0.492 e. The number of hydrogen-bond acceptors (Lipinski definition) is 4. The van der Waals surface area contributed by atoms with Crippen LogP contribution in [0.2, 0.25) is 0 Å². The molecule has 4 heteroatoms. The number of nitrogens with one attached hydrogen (secondary N) is 1. The maximum atomic E-state index is 5.78. The van der Waals surface area contributed by atoms with E-state index in [1.165, 1.54) is 5.56 Å². The summed E-state index contributed by atoms with van der Waals surface area (Å²) in [7, 11) is 1.88. The van der Waals surface area contributed by atoms with Crippen molar-refractivity contribution in [1.82, 2.24) is 9.97 Å². The SMILES string of the molecule is CCCc1nc(NC)cc(-c2cccc3c2OCC3)n1. The lowest BCUT2D eigenvalue weighted by atomic mass is 10.1. The summed E-state index contributed by atoms with van der Waals surface area (Å²) in [6, 6.07) is 8.25. The van der Waals surface area contributed by atoms with Crippen molar-refractivity contribution < 1.29 is 4.74 Å². The summed E-state index contributed by atoms with van der Waals surface area (Å²) in [4.78, 5) is 9.19. The Morgan fingerprint density at radius 2 is 2.20 bits per heavy atom. The number of para-hydroxylation sites is 1. The minimum atomic E-state index is 0.762. The molecule has 0 spiro atoms. The lowest BCUT2D eigenvalue weighted by molar-refractivity contribution is 0.358. The molecule has 2 heterocycles. The van der Waals surface area contributed by atoms with Gasteiger partial charge in [0.05, 0.1) is 12.3 Å². The van der Waals surface area contributed by atoms with Crippen LogP contribution in [0, 0.1) is 0 Å². The molecule has 1 aliphatic rings. The molecule has 0 fully saturated rings. The number of ether oxygens (including phenoxy) is 1. The van der Waals surface area contributed by atoms with Gasteiger partial charge in [0, 0.05) is 31.5 Å². The maximum Gasteiger partial charge on any atom is 0.132 e. The molecule has 2 aromatic rings. The lowest BCUT2D eigenvalue weighted by Gasteiger charge is -2.10. The fraction of sp³-hybridized carbons (Fsp3) is 0.375. The van der Waals surface area contributed by atoms with Gasteiger partial charge in [0.25, 0.3) is 0 Å². The molecule has 3 rings (SSSR count). The zero-order chi connectivity index (χ0) is 13.9. The number of rotatable bonds is 4. The molecular weight excluding hydrogens is 250 g/mol. The first-order valence-corrected chi connectivity index (χ1v) is 7.12. The van der Waals surface area contributed by atoms with Crippen molar-refractivity contribution in [3.05, 3.63) is 35.7 Å². The van der Waals surface area contributed by atoms with E-state index in [0.29, 0.717) is 0 Å². The Kier molecular flexibility index (Phi) is 3.54. The number of hydrogen-bond donors (Lipinski definition) is 1. The van der Waals surface area contributed by atoms with E-state index in [0.717, 1.165) is 54.5 Å². The van der Waals surface area contributed by atoms with E-state index in [2.05, 4.69) is 40.4 Å². The summed E-state index contributed by atoms with van der Waals surface area (Å²) in [5.74, 6) is 2.72. The van der Waals surface area contributed by atoms with Gasteiger partial charge in [-0.25, -0.2) is 9.97 Å². The topological polar surface area (TPSA) is 47.0 Å². The monoisotopic (exact) mass is 269 g/mol. The zero-order valence-corrected chi connectivity index (χ0v) is 11.9. The zero-order valence-electron chi connectivity index (χ0n) is 11.9. The van der Waals surface area contributed by atoms with Crippen molar-refractivity contribution in [2.45, 2.75) is 26.2 Å². The normalized spacial score (nSPS) is 12.9. The molecule has 104 valence electrons. The first-order valence-electron chi connectivity index (χ1n) is 7.12. The average molecular weight is 269 g/mol. The Labute approximate surface area is 119 Å². The molecule has 0 bridgehead atoms. The second kappa shape index (κ2) is 5.49. The summed E-state index contributed by atoms with van der Waals surface area (Å²) < 4.78 is 5.78. The summed E-state index contributed by atoms with van der Waals surface area (Å²) in [5.41, 5.74) is 3.27. The quantitative estimate of drug-likeness (QED) is 0.926. The number of anilines is 1. The van der Waals surface area contributed by atoms with E-state index < -0.39 is 0 Å². The number of fused-ring (bicyclic) bond motifs is 1. The van der Waals surface area contributed by atoms with Crippen LogP contribution in [0.3, 0.4) is 0 Å². The van der Waals surface area contributed by atoms with Gasteiger partial charge >= 0.3 is 0 Å². The average Bonchev–Trinajstić information content (AvgIpc) is 2.95. The molecule has 0 saturated carbocycles. The van der Waals surface area contributed by atoms with Crippen LogP contribution < -0.4 is 10.1 Å². The van der Waals surface area contributed by atoms with E-state index in [1.54, 1.807) is 0 Å². The second-order valence-corrected chi connectivity index (χ2v) is 4.95. The number of aromatic nitrogens is 2. The molecular formula is C16H19N3O. The van der Waals surface area contributed by atoms with E-state index in [1.807, 2.05) is 13.1 Å². The van der Waals surface area contributed by atoms with Crippen LogP contribution in [0.4, 0.5) is 5.82 Å². The van der Waals surface area contributed by atoms with Gasteiger partial charge in [0.15, 0.2) is 0 Å². The molecule has 0 aliphatic carbocycles.